The molecule has 0 amide bonds. The molecule has 14 aromatic rings. The van der Waals surface area contributed by atoms with Crippen LogP contribution < -0.4 is 9.80 Å². The topological polar surface area (TPSA) is 6.48 Å². The van der Waals surface area contributed by atoms with E-state index in [4.69, 9.17) is 0 Å². The normalized spacial score (nSPS) is 13.2. The third kappa shape index (κ3) is 9.38. The highest BCUT2D eigenvalue weighted by molar-refractivity contribution is 5.98. The minimum atomic E-state index is -0.0817. The molecule has 0 heterocycles. The molecule has 2 nitrogen and oxygen atoms in total. The van der Waals surface area contributed by atoms with Crippen LogP contribution in [-0.4, -0.2) is 0 Å². The van der Waals surface area contributed by atoms with E-state index in [9.17, 15) is 0 Å². The van der Waals surface area contributed by atoms with Crippen LogP contribution in [0, 0.1) is 27.7 Å². The highest BCUT2D eigenvalue weighted by Crippen LogP contribution is 2.53. The summed E-state index contributed by atoms with van der Waals surface area (Å²) in [5.74, 6) is 0. The maximum Gasteiger partial charge on any atom is 0.0569 e. The van der Waals surface area contributed by atoms with Gasteiger partial charge in [0.05, 0.1) is 11.4 Å². The van der Waals surface area contributed by atoms with E-state index in [2.05, 4.69) is 356 Å². The molecule has 0 N–H and O–H groups in total. The van der Waals surface area contributed by atoms with Gasteiger partial charge in [0.25, 0.3) is 0 Å². The summed E-state index contributed by atoms with van der Waals surface area (Å²) in [4.78, 5) is 5.00. The molecule has 2 aliphatic rings. The Morgan fingerprint density at radius 3 is 0.957 bits per heavy atom. The van der Waals surface area contributed by atoms with Crippen molar-refractivity contribution in [2.24, 2.45) is 0 Å². The summed E-state index contributed by atoms with van der Waals surface area (Å²) in [7, 11) is 0. The number of fused-ring (bicyclic) bond motifs is 8. The van der Waals surface area contributed by atoms with Gasteiger partial charge in [-0.25, -0.2) is 0 Å². The zero-order valence-electron chi connectivity index (χ0n) is 53.6. The van der Waals surface area contributed by atoms with Crippen molar-refractivity contribution in [3.05, 3.63) is 336 Å². The first-order chi connectivity index (χ1) is 44.8. The molecule has 14 aromatic carbocycles. The summed E-state index contributed by atoms with van der Waals surface area (Å²) >= 11 is 0. The zero-order chi connectivity index (χ0) is 62.6. The maximum atomic E-state index is 2.50. The van der Waals surface area contributed by atoms with Crippen LogP contribution in [0.2, 0.25) is 0 Å². The van der Waals surface area contributed by atoms with Gasteiger partial charge < -0.3 is 9.80 Å². The molecule has 2 aliphatic carbocycles. The molecule has 0 aromatic heterocycles. The Morgan fingerprint density at radius 1 is 0.217 bits per heavy atom. The van der Waals surface area contributed by atoms with E-state index in [1.807, 2.05) is 0 Å². The molecular formula is C90H72N2. The van der Waals surface area contributed by atoms with Crippen molar-refractivity contribution in [1.82, 2.24) is 0 Å². The Morgan fingerprint density at radius 2 is 0.543 bits per heavy atom. The predicted molar refractivity (Wildman–Crippen MR) is 392 cm³/mol. The molecule has 0 bridgehead atoms. The molecule has 0 radical (unpaired) electrons. The summed E-state index contributed by atoms with van der Waals surface area (Å²) < 4.78 is 0. The van der Waals surface area contributed by atoms with Gasteiger partial charge in [0.2, 0.25) is 0 Å². The second-order valence-corrected chi connectivity index (χ2v) is 26.7. The van der Waals surface area contributed by atoms with Gasteiger partial charge in [-0.1, -0.05) is 246 Å². The lowest BCUT2D eigenvalue weighted by Gasteiger charge is -2.32. The zero-order valence-corrected chi connectivity index (χ0v) is 53.6. The van der Waals surface area contributed by atoms with Gasteiger partial charge in [-0.3, -0.25) is 0 Å². The van der Waals surface area contributed by atoms with Gasteiger partial charge in [0.15, 0.2) is 0 Å². The van der Waals surface area contributed by atoms with Crippen LogP contribution in [-0.2, 0) is 10.8 Å². The number of hydrogen-bond acceptors (Lipinski definition) is 2. The van der Waals surface area contributed by atoms with E-state index in [0.29, 0.717) is 0 Å². The van der Waals surface area contributed by atoms with Crippen LogP contribution in [0.25, 0.3) is 99.4 Å². The standard InChI is InChI=1S/C90H72N2/c1-57-19-17-27-75(71-33-31-61-21-9-11-23-65(61)53-71)87(57)91(73-43-35-63(36-44-73)69-39-47-79-77-25-13-15-29-81(77)89(5,6)83(79)55-69)85-49-41-67(51-59(85)3)68-42-50-86(60(4)52-68)92(88-58(2)20-18-28-76(88)72-34-32-62-22-10-12-24-66(62)54-72)74-45-37-64(38-46-74)70-40-48-80-78-26-14-16-30-82(78)90(7,8)84(80)56-70/h9-56H,1-8H3. The monoisotopic (exact) mass is 1180 g/mol. The molecule has 442 valence electrons. The number of anilines is 6. The van der Waals surface area contributed by atoms with Crippen molar-refractivity contribution in [2.75, 3.05) is 9.80 Å². The summed E-state index contributed by atoms with van der Waals surface area (Å²) in [6.45, 7) is 18.5. The largest absolute Gasteiger partial charge is 0.309 e. The van der Waals surface area contributed by atoms with E-state index in [1.54, 1.807) is 0 Å². The van der Waals surface area contributed by atoms with Crippen molar-refractivity contribution < 1.29 is 0 Å². The van der Waals surface area contributed by atoms with Crippen LogP contribution in [0.1, 0.15) is 72.2 Å². The lowest BCUT2D eigenvalue weighted by Crippen LogP contribution is -2.15. The fourth-order valence-corrected chi connectivity index (χ4v) is 15.4. The molecule has 2 heteroatoms. The molecule has 0 atom stereocenters. The van der Waals surface area contributed by atoms with Crippen LogP contribution >= 0.6 is 0 Å². The molecular weight excluding hydrogens is 1110 g/mol. The average molecular weight is 1180 g/mol. The highest BCUT2D eigenvalue weighted by atomic mass is 15.2. The molecule has 0 saturated carbocycles. The third-order valence-corrected chi connectivity index (χ3v) is 20.3. The summed E-state index contributed by atoms with van der Waals surface area (Å²) in [5.41, 5.74) is 34.2. The van der Waals surface area contributed by atoms with E-state index in [0.717, 1.165) is 22.7 Å². The Labute approximate surface area is 542 Å². The SMILES string of the molecule is Cc1cc(-c2ccc(N(c3ccc(-c4ccc5c(c4)C(C)(C)c4ccccc4-5)cc3)c3c(C)cccc3-c3ccc4ccccc4c3)c(C)c2)ccc1N(c1ccc(-c2ccc3c(c2)C(C)(C)c2ccccc2-3)cc1)c1c(C)cccc1-c1ccc2ccccc2c1. The van der Waals surface area contributed by atoms with Gasteiger partial charge in [-0.05, 0) is 233 Å². The second kappa shape index (κ2) is 22.0. The minimum Gasteiger partial charge on any atom is -0.309 e. The fraction of sp³-hybridized carbons (Fsp3) is 0.111. The van der Waals surface area contributed by atoms with Crippen LogP contribution in [0.15, 0.2) is 291 Å². The Bertz CT molecular complexity index is 4940. The van der Waals surface area contributed by atoms with Crippen molar-refractivity contribution in [3.63, 3.8) is 0 Å². The van der Waals surface area contributed by atoms with Crippen LogP contribution in [0.4, 0.5) is 34.1 Å². The predicted octanol–water partition coefficient (Wildman–Crippen LogP) is 25.1. The molecule has 0 spiro atoms. The smallest absolute Gasteiger partial charge is 0.0569 e. The molecule has 16 rings (SSSR count). The minimum absolute atomic E-state index is 0.0817. The Balaban J connectivity index is 0.789. The van der Waals surface area contributed by atoms with Gasteiger partial charge in [0.1, 0.15) is 0 Å². The summed E-state index contributed by atoms with van der Waals surface area (Å²) in [6.07, 6.45) is 0. The number of benzene rings is 14. The maximum absolute atomic E-state index is 2.50. The molecule has 0 fully saturated rings. The lowest BCUT2D eigenvalue weighted by molar-refractivity contribution is 0.660. The van der Waals surface area contributed by atoms with Gasteiger partial charge in [0, 0.05) is 44.7 Å². The molecule has 92 heavy (non-hydrogen) atoms. The first-order valence-electron chi connectivity index (χ1n) is 32.5. The van der Waals surface area contributed by atoms with Crippen molar-refractivity contribution >= 4 is 55.7 Å². The van der Waals surface area contributed by atoms with Crippen LogP contribution in [0.3, 0.4) is 0 Å². The number of para-hydroxylation sites is 2. The van der Waals surface area contributed by atoms with E-state index in [-0.39, 0.29) is 10.8 Å². The molecule has 0 saturated heterocycles. The summed E-state index contributed by atoms with van der Waals surface area (Å²) in [6, 6.07) is 109. The number of aryl methyl sites for hydroxylation is 4. The second-order valence-electron chi connectivity index (χ2n) is 26.7. The highest BCUT2D eigenvalue weighted by Gasteiger charge is 2.37. The fourth-order valence-electron chi connectivity index (χ4n) is 15.4. The van der Waals surface area contributed by atoms with Gasteiger partial charge in [-0.2, -0.15) is 0 Å². The summed E-state index contributed by atoms with van der Waals surface area (Å²) in [5, 5.41) is 4.92. The van der Waals surface area contributed by atoms with E-state index >= 15 is 0 Å². The van der Waals surface area contributed by atoms with Gasteiger partial charge in [-0.15, -0.1) is 0 Å². The third-order valence-electron chi connectivity index (χ3n) is 20.3. The average Bonchev–Trinajstić information content (AvgIpc) is 1.57. The molecule has 0 aliphatic heterocycles. The first kappa shape index (κ1) is 56.4. The molecule has 0 unspecified atom stereocenters. The van der Waals surface area contributed by atoms with Crippen molar-refractivity contribution in [2.45, 2.75) is 66.2 Å². The van der Waals surface area contributed by atoms with Crippen molar-refractivity contribution in [1.29, 1.82) is 0 Å². The number of rotatable bonds is 11. The van der Waals surface area contributed by atoms with E-state index in [1.165, 1.54) is 155 Å². The van der Waals surface area contributed by atoms with Gasteiger partial charge >= 0.3 is 0 Å². The quantitative estimate of drug-likeness (QED) is 0.127. The Kier molecular flexibility index (Phi) is 13.5. The Hall–Kier alpha value is -10.8. The lowest BCUT2D eigenvalue weighted by atomic mass is 9.81. The van der Waals surface area contributed by atoms with Crippen LogP contribution in [0.5, 0.6) is 0 Å². The first-order valence-corrected chi connectivity index (χ1v) is 32.5. The van der Waals surface area contributed by atoms with E-state index < -0.39 is 0 Å². The van der Waals surface area contributed by atoms with Crippen molar-refractivity contribution in [3.8, 4) is 77.9 Å². The number of hydrogen-bond donors (Lipinski definition) is 0. The number of nitrogens with zero attached hydrogens (tertiary/aromatic N) is 2.